The zero-order valence-electron chi connectivity index (χ0n) is 9.68. The van der Waals surface area contributed by atoms with Crippen LogP contribution in [-0.4, -0.2) is 22.7 Å². The van der Waals surface area contributed by atoms with Crippen LogP contribution in [0.3, 0.4) is 0 Å². The number of thiol groups is 1. The monoisotopic (exact) mass is 215 g/mol. The maximum absolute atomic E-state index is 5.56. The Hall–Kier alpha value is -0.0300. The highest BCUT2D eigenvalue weighted by atomic mass is 32.1. The van der Waals surface area contributed by atoms with E-state index >= 15 is 0 Å². The molecule has 0 aliphatic heterocycles. The first-order chi connectivity index (χ1) is 5.06. The fraction of sp³-hybridized carbons (Fsp3) is 0.778. The van der Waals surface area contributed by atoms with Gasteiger partial charge in [0.1, 0.15) is 0 Å². The zero-order valence-corrected chi connectivity index (χ0v) is 10.6. The van der Waals surface area contributed by atoms with Gasteiger partial charge in [-0.05, 0) is 27.0 Å². The molecule has 0 aromatic rings. The van der Waals surface area contributed by atoms with Gasteiger partial charge in [-0.3, -0.25) is 0 Å². The molecule has 0 aliphatic rings. The first-order valence-corrected chi connectivity index (χ1v) is 4.83. The van der Waals surface area contributed by atoms with E-state index in [9.17, 15) is 0 Å². The SMILES string of the molecule is C/C=C/C(C)(C)N.CC.CS.O.O.[HH]. The maximum atomic E-state index is 5.56. The van der Waals surface area contributed by atoms with Crippen molar-refractivity contribution in [2.75, 3.05) is 6.26 Å². The Balaban J connectivity index is -0.0000000205. The molecular weight excluding hydrogens is 186 g/mol. The first kappa shape index (κ1) is 29.3. The van der Waals surface area contributed by atoms with E-state index in [1.165, 1.54) is 0 Å². The molecular formula is C9H29NO2S. The molecule has 0 aromatic carbocycles. The lowest BCUT2D eigenvalue weighted by Crippen LogP contribution is -2.28. The van der Waals surface area contributed by atoms with Gasteiger partial charge in [-0.15, -0.1) is 0 Å². The summed E-state index contributed by atoms with van der Waals surface area (Å²) >= 11 is 3.53. The number of nitrogens with two attached hydrogens (primary N) is 1. The fourth-order valence-corrected chi connectivity index (χ4v) is 0.430. The Bertz CT molecular complexity index is 85.4. The summed E-state index contributed by atoms with van der Waals surface area (Å²) in [5.74, 6) is 0. The van der Waals surface area contributed by atoms with Gasteiger partial charge in [0.05, 0.1) is 0 Å². The van der Waals surface area contributed by atoms with Gasteiger partial charge < -0.3 is 16.7 Å². The lowest BCUT2D eigenvalue weighted by molar-refractivity contribution is 0.653. The lowest BCUT2D eigenvalue weighted by Gasteiger charge is -2.10. The molecule has 0 saturated carbocycles. The Kier molecular flexibility index (Phi) is 51.0. The van der Waals surface area contributed by atoms with Crippen molar-refractivity contribution in [2.24, 2.45) is 5.73 Å². The number of rotatable bonds is 1. The minimum Gasteiger partial charge on any atom is -0.412 e. The molecule has 0 aromatic heterocycles. The molecule has 0 radical (unpaired) electrons. The standard InChI is InChI=1S/C6H13N.C2H6.CH4S.2H2O.H2/c1-4-5-6(2,3)7;2*1-2;;;/h4-5H,7H2,1-3H3;1-2H3;2H,1H3;2*1H2;1H/b5-4+;;;;;. The maximum Gasteiger partial charge on any atom is 0.0281 e. The highest BCUT2D eigenvalue weighted by Crippen LogP contribution is 1.96. The Morgan fingerprint density at radius 2 is 1.38 bits per heavy atom. The third kappa shape index (κ3) is 75.5. The Morgan fingerprint density at radius 1 is 1.15 bits per heavy atom. The van der Waals surface area contributed by atoms with Crippen LogP contribution in [0.4, 0.5) is 0 Å². The molecule has 0 bridgehead atoms. The molecule has 4 heteroatoms. The average Bonchev–Trinajstić information content (AvgIpc) is 1.94. The highest BCUT2D eigenvalue weighted by Gasteiger charge is 2.01. The van der Waals surface area contributed by atoms with Crippen LogP contribution in [0.1, 0.15) is 36.0 Å². The Morgan fingerprint density at radius 3 is 1.38 bits per heavy atom. The smallest absolute Gasteiger partial charge is 0.0281 e. The summed E-state index contributed by atoms with van der Waals surface area (Å²) in [7, 11) is 0. The molecule has 0 saturated heterocycles. The van der Waals surface area contributed by atoms with Gasteiger partial charge in [0.15, 0.2) is 0 Å². The van der Waals surface area contributed by atoms with Crippen molar-refractivity contribution >= 4 is 12.6 Å². The van der Waals surface area contributed by atoms with Gasteiger partial charge in [-0.2, -0.15) is 12.6 Å². The fourth-order valence-electron chi connectivity index (χ4n) is 0.430. The van der Waals surface area contributed by atoms with Crippen LogP contribution in [0.25, 0.3) is 0 Å². The van der Waals surface area contributed by atoms with Crippen LogP contribution in [0.15, 0.2) is 12.2 Å². The van der Waals surface area contributed by atoms with E-state index in [1.807, 2.05) is 46.8 Å². The van der Waals surface area contributed by atoms with Gasteiger partial charge in [-0.25, -0.2) is 0 Å². The van der Waals surface area contributed by atoms with Crippen molar-refractivity contribution in [1.29, 1.82) is 0 Å². The second-order valence-corrected chi connectivity index (χ2v) is 2.32. The zero-order chi connectivity index (χ0) is 9.91. The van der Waals surface area contributed by atoms with Gasteiger partial charge in [0.2, 0.25) is 0 Å². The summed E-state index contributed by atoms with van der Waals surface area (Å²) in [6.07, 6.45) is 5.62. The van der Waals surface area contributed by atoms with E-state index in [0.717, 1.165) is 0 Å². The normalized spacial score (nSPS) is 8.00. The van der Waals surface area contributed by atoms with Gasteiger partial charge >= 0.3 is 0 Å². The van der Waals surface area contributed by atoms with E-state index in [-0.39, 0.29) is 17.9 Å². The van der Waals surface area contributed by atoms with Crippen LogP contribution in [-0.2, 0) is 0 Å². The van der Waals surface area contributed by atoms with Crippen LogP contribution in [0.5, 0.6) is 0 Å². The molecule has 0 amide bonds. The van der Waals surface area contributed by atoms with Crippen LogP contribution < -0.4 is 5.73 Å². The predicted molar refractivity (Wildman–Crippen MR) is 68.7 cm³/mol. The molecule has 0 atom stereocenters. The van der Waals surface area contributed by atoms with E-state index < -0.39 is 0 Å². The van der Waals surface area contributed by atoms with E-state index in [2.05, 4.69) is 12.6 Å². The van der Waals surface area contributed by atoms with E-state index in [1.54, 1.807) is 6.26 Å². The molecule has 3 nitrogen and oxygen atoms in total. The second-order valence-electron chi connectivity index (χ2n) is 2.32. The number of allylic oxidation sites excluding steroid dienone is 1. The highest BCUT2D eigenvalue weighted by molar-refractivity contribution is 7.79. The molecule has 88 valence electrons. The predicted octanol–water partition coefficient (Wildman–Crippen LogP) is 1.47. The quantitative estimate of drug-likeness (QED) is 0.503. The van der Waals surface area contributed by atoms with Crippen molar-refractivity contribution in [3.63, 3.8) is 0 Å². The second kappa shape index (κ2) is 22.7. The van der Waals surface area contributed by atoms with Gasteiger partial charge in [0.25, 0.3) is 0 Å². The molecule has 0 heterocycles. The number of hydrogen-bond donors (Lipinski definition) is 2. The summed E-state index contributed by atoms with van der Waals surface area (Å²) in [6.45, 7) is 9.90. The summed E-state index contributed by atoms with van der Waals surface area (Å²) in [5, 5.41) is 0. The van der Waals surface area contributed by atoms with Crippen molar-refractivity contribution in [2.45, 2.75) is 40.2 Å². The molecule has 0 rings (SSSR count). The largest absolute Gasteiger partial charge is 0.412 e. The number of hydrogen-bond acceptors (Lipinski definition) is 2. The Labute approximate surface area is 89.9 Å². The van der Waals surface area contributed by atoms with Crippen molar-refractivity contribution in [1.82, 2.24) is 0 Å². The molecule has 0 spiro atoms. The molecule has 0 fully saturated rings. The summed E-state index contributed by atoms with van der Waals surface area (Å²) < 4.78 is 0. The van der Waals surface area contributed by atoms with Crippen molar-refractivity contribution in [3.05, 3.63) is 12.2 Å². The molecule has 0 aliphatic carbocycles. The summed E-state index contributed by atoms with van der Waals surface area (Å²) in [6, 6.07) is 0. The lowest BCUT2D eigenvalue weighted by atomic mass is 10.1. The first-order valence-electron chi connectivity index (χ1n) is 3.94. The molecule has 6 N–H and O–H groups in total. The van der Waals surface area contributed by atoms with Crippen LogP contribution in [0.2, 0.25) is 0 Å². The molecule has 13 heavy (non-hydrogen) atoms. The minimum atomic E-state index is -0.130. The van der Waals surface area contributed by atoms with Crippen LogP contribution >= 0.6 is 12.6 Å². The minimum absolute atomic E-state index is 0. The van der Waals surface area contributed by atoms with Gasteiger partial charge in [0, 0.05) is 6.97 Å². The van der Waals surface area contributed by atoms with Crippen molar-refractivity contribution in [3.8, 4) is 0 Å². The third-order valence-electron chi connectivity index (χ3n) is 0.596. The third-order valence-corrected chi connectivity index (χ3v) is 0.596. The van der Waals surface area contributed by atoms with Gasteiger partial charge in [-0.1, -0.05) is 26.0 Å². The van der Waals surface area contributed by atoms with E-state index in [0.29, 0.717) is 0 Å². The van der Waals surface area contributed by atoms with Crippen LogP contribution in [0, 0.1) is 0 Å². The summed E-state index contributed by atoms with van der Waals surface area (Å²) in [5.41, 5.74) is 5.43. The topological polar surface area (TPSA) is 89.0 Å². The average molecular weight is 215 g/mol. The summed E-state index contributed by atoms with van der Waals surface area (Å²) in [4.78, 5) is 0. The van der Waals surface area contributed by atoms with E-state index in [4.69, 9.17) is 5.73 Å². The molecule has 0 unspecified atom stereocenters. The van der Waals surface area contributed by atoms with Crippen molar-refractivity contribution < 1.29 is 12.4 Å².